The normalized spacial score (nSPS) is 10.0. The molecule has 0 spiro atoms. The molecule has 1 aromatic rings. The summed E-state index contributed by atoms with van der Waals surface area (Å²) in [6.45, 7) is 5.10. The summed E-state index contributed by atoms with van der Waals surface area (Å²) in [5.74, 6) is -0.545. The summed E-state index contributed by atoms with van der Waals surface area (Å²) in [5, 5.41) is 0. The first-order valence-corrected chi connectivity index (χ1v) is 6.50. The van der Waals surface area contributed by atoms with Crippen molar-refractivity contribution < 1.29 is 14.3 Å². The number of carbonyl (C=O) groups is 2. The largest absolute Gasteiger partial charge is 0.465 e. The molecule has 0 radical (unpaired) electrons. The van der Waals surface area contributed by atoms with Crippen LogP contribution in [0.4, 0.5) is 0 Å². The predicted molar refractivity (Wildman–Crippen MR) is 72.7 cm³/mol. The van der Waals surface area contributed by atoms with Crippen molar-refractivity contribution in [1.29, 1.82) is 0 Å². The van der Waals surface area contributed by atoms with Gasteiger partial charge in [-0.2, -0.15) is 0 Å². The number of esters is 1. The van der Waals surface area contributed by atoms with Crippen molar-refractivity contribution in [3.05, 3.63) is 33.8 Å². The van der Waals surface area contributed by atoms with E-state index in [1.807, 2.05) is 13.8 Å². The van der Waals surface area contributed by atoms with Gasteiger partial charge in [0.2, 0.25) is 0 Å². The van der Waals surface area contributed by atoms with Gasteiger partial charge in [0, 0.05) is 23.1 Å². The second kappa shape index (κ2) is 6.54. The molecular formula is C13H16BrNO3. The van der Waals surface area contributed by atoms with Crippen LogP contribution in [0.5, 0.6) is 0 Å². The minimum absolute atomic E-state index is 0.0912. The first-order chi connectivity index (χ1) is 8.53. The molecule has 1 aromatic carbocycles. The zero-order valence-corrected chi connectivity index (χ0v) is 12.3. The van der Waals surface area contributed by atoms with Crippen LogP contribution < -0.4 is 0 Å². The standard InChI is InChI=1S/C13H16BrNO3/c1-4-15(5-2)12(16)9-6-10(13(17)18-3)8-11(14)7-9/h6-8H,4-5H2,1-3H3. The average molecular weight is 314 g/mol. The molecule has 0 heterocycles. The molecule has 1 rings (SSSR count). The summed E-state index contributed by atoms with van der Waals surface area (Å²) in [4.78, 5) is 25.4. The summed E-state index contributed by atoms with van der Waals surface area (Å²) in [6.07, 6.45) is 0. The minimum atomic E-state index is -0.454. The van der Waals surface area contributed by atoms with Crippen molar-refractivity contribution in [2.45, 2.75) is 13.8 Å². The zero-order valence-electron chi connectivity index (χ0n) is 10.7. The smallest absolute Gasteiger partial charge is 0.337 e. The zero-order chi connectivity index (χ0) is 13.7. The number of carbonyl (C=O) groups excluding carboxylic acids is 2. The molecule has 18 heavy (non-hydrogen) atoms. The Hall–Kier alpha value is -1.36. The molecule has 0 atom stereocenters. The molecule has 0 aliphatic heterocycles. The van der Waals surface area contributed by atoms with E-state index in [1.54, 1.807) is 23.1 Å². The fourth-order valence-electron chi connectivity index (χ4n) is 1.64. The highest BCUT2D eigenvalue weighted by Gasteiger charge is 2.16. The summed E-state index contributed by atoms with van der Waals surface area (Å²) in [5.41, 5.74) is 0.843. The lowest BCUT2D eigenvalue weighted by Gasteiger charge is -2.19. The van der Waals surface area contributed by atoms with Crippen LogP contribution in [0.15, 0.2) is 22.7 Å². The lowest BCUT2D eigenvalue weighted by Crippen LogP contribution is -2.30. The molecule has 4 nitrogen and oxygen atoms in total. The maximum absolute atomic E-state index is 12.2. The summed E-state index contributed by atoms with van der Waals surface area (Å²) < 4.78 is 5.34. The van der Waals surface area contributed by atoms with E-state index in [2.05, 4.69) is 20.7 Å². The molecule has 98 valence electrons. The van der Waals surface area contributed by atoms with Gasteiger partial charge >= 0.3 is 5.97 Å². The summed E-state index contributed by atoms with van der Waals surface area (Å²) in [7, 11) is 1.31. The molecule has 0 N–H and O–H groups in total. The number of hydrogen-bond donors (Lipinski definition) is 0. The highest BCUT2D eigenvalue weighted by atomic mass is 79.9. The summed E-state index contributed by atoms with van der Waals surface area (Å²) >= 11 is 3.29. The number of ether oxygens (including phenoxy) is 1. The number of nitrogens with zero attached hydrogens (tertiary/aromatic N) is 1. The highest BCUT2D eigenvalue weighted by Crippen LogP contribution is 2.18. The van der Waals surface area contributed by atoms with E-state index >= 15 is 0 Å². The van der Waals surface area contributed by atoms with Crippen molar-refractivity contribution in [1.82, 2.24) is 4.90 Å². The van der Waals surface area contributed by atoms with Crippen LogP contribution in [0.2, 0.25) is 0 Å². The lowest BCUT2D eigenvalue weighted by atomic mass is 10.1. The Balaban J connectivity index is 3.13. The van der Waals surface area contributed by atoms with Gasteiger partial charge in [-0.25, -0.2) is 4.79 Å². The number of halogens is 1. The molecule has 0 aromatic heterocycles. The third-order valence-corrected chi connectivity index (χ3v) is 3.07. The molecule has 5 heteroatoms. The fraction of sp³-hybridized carbons (Fsp3) is 0.385. The van der Waals surface area contributed by atoms with Crippen LogP contribution in [0.1, 0.15) is 34.6 Å². The van der Waals surface area contributed by atoms with E-state index < -0.39 is 5.97 Å². The maximum atomic E-state index is 12.2. The molecule has 0 aliphatic rings. The fourth-order valence-corrected chi connectivity index (χ4v) is 2.14. The van der Waals surface area contributed by atoms with E-state index in [0.717, 1.165) is 0 Å². The van der Waals surface area contributed by atoms with Crippen LogP contribution in [-0.4, -0.2) is 37.0 Å². The Kier molecular flexibility index (Phi) is 5.34. The number of rotatable bonds is 4. The molecule has 1 amide bonds. The first kappa shape index (κ1) is 14.7. The van der Waals surface area contributed by atoms with Crippen LogP contribution in [0.3, 0.4) is 0 Å². The number of methoxy groups -OCH3 is 1. The highest BCUT2D eigenvalue weighted by molar-refractivity contribution is 9.10. The van der Waals surface area contributed by atoms with E-state index in [9.17, 15) is 9.59 Å². The molecular weight excluding hydrogens is 298 g/mol. The SMILES string of the molecule is CCN(CC)C(=O)c1cc(Br)cc(C(=O)OC)c1. The van der Waals surface area contributed by atoms with E-state index in [4.69, 9.17) is 0 Å². The van der Waals surface area contributed by atoms with Gasteiger partial charge in [-0.05, 0) is 32.0 Å². The first-order valence-electron chi connectivity index (χ1n) is 5.71. The predicted octanol–water partition coefficient (Wildman–Crippen LogP) is 2.72. The molecule has 0 fully saturated rings. The topological polar surface area (TPSA) is 46.6 Å². The van der Waals surface area contributed by atoms with Gasteiger partial charge in [-0.15, -0.1) is 0 Å². The number of amides is 1. The van der Waals surface area contributed by atoms with Crippen LogP contribution in [0.25, 0.3) is 0 Å². The van der Waals surface area contributed by atoms with Crippen molar-refractivity contribution >= 4 is 27.8 Å². The second-order valence-electron chi connectivity index (χ2n) is 3.70. The average Bonchev–Trinajstić information content (AvgIpc) is 2.38. The van der Waals surface area contributed by atoms with E-state index in [0.29, 0.717) is 28.7 Å². The number of hydrogen-bond acceptors (Lipinski definition) is 3. The Labute approximate surface area is 115 Å². The molecule has 0 saturated carbocycles. The number of benzene rings is 1. The van der Waals surface area contributed by atoms with Gasteiger partial charge in [-0.1, -0.05) is 15.9 Å². The molecule has 0 bridgehead atoms. The van der Waals surface area contributed by atoms with Gasteiger partial charge in [-0.3, -0.25) is 4.79 Å². The molecule has 0 saturated heterocycles. The Morgan fingerprint density at radius 3 is 2.22 bits per heavy atom. The molecule has 0 aliphatic carbocycles. The Morgan fingerprint density at radius 1 is 1.17 bits per heavy atom. The van der Waals surface area contributed by atoms with Crippen molar-refractivity contribution in [2.24, 2.45) is 0 Å². The Morgan fingerprint density at radius 2 is 1.72 bits per heavy atom. The van der Waals surface area contributed by atoms with E-state index in [1.165, 1.54) is 7.11 Å². The van der Waals surface area contributed by atoms with Gasteiger partial charge in [0.15, 0.2) is 0 Å². The van der Waals surface area contributed by atoms with Crippen molar-refractivity contribution in [3.63, 3.8) is 0 Å². The third-order valence-electron chi connectivity index (χ3n) is 2.62. The second-order valence-corrected chi connectivity index (χ2v) is 4.61. The van der Waals surface area contributed by atoms with Crippen molar-refractivity contribution in [3.8, 4) is 0 Å². The Bertz CT molecular complexity index is 456. The van der Waals surface area contributed by atoms with Gasteiger partial charge in [0.05, 0.1) is 12.7 Å². The van der Waals surface area contributed by atoms with Crippen LogP contribution in [-0.2, 0) is 4.74 Å². The quantitative estimate of drug-likeness (QED) is 0.803. The lowest BCUT2D eigenvalue weighted by molar-refractivity contribution is 0.0600. The van der Waals surface area contributed by atoms with E-state index in [-0.39, 0.29) is 5.91 Å². The van der Waals surface area contributed by atoms with Gasteiger partial charge in [0.25, 0.3) is 5.91 Å². The van der Waals surface area contributed by atoms with Crippen LogP contribution in [0, 0.1) is 0 Å². The maximum Gasteiger partial charge on any atom is 0.337 e. The minimum Gasteiger partial charge on any atom is -0.465 e. The van der Waals surface area contributed by atoms with Crippen LogP contribution >= 0.6 is 15.9 Å². The van der Waals surface area contributed by atoms with Gasteiger partial charge < -0.3 is 9.64 Å². The third kappa shape index (κ3) is 3.32. The van der Waals surface area contributed by atoms with Gasteiger partial charge in [0.1, 0.15) is 0 Å². The molecule has 0 unspecified atom stereocenters. The summed E-state index contributed by atoms with van der Waals surface area (Å²) in [6, 6.07) is 4.88. The monoisotopic (exact) mass is 313 g/mol. The van der Waals surface area contributed by atoms with Crippen molar-refractivity contribution in [2.75, 3.05) is 20.2 Å².